The lowest BCUT2D eigenvalue weighted by Gasteiger charge is -2.29. The molecule has 2 heteroatoms. The van der Waals surface area contributed by atoms with Gasteiger partial charge in [0, 0.05) is 7.11 Å². The SMILES string of the molecule is CCCC[Si](C)(OC)C(C)C. The maximum atomic E-state index is 5.64. The monoisotopic (exact) mass is 174 g/mol. The molecule has 1 unspecified atom stereocenters. The quantitative estimate of drug-likeness (QED) is 0.580. The predicted octanol–water partition coefficient (Wildman–Crippen LogP) is 3.42. The van der Waals surface area contributed by atoms with Crippen molar-refractivity contribution in [2.45, 2.75) is 51.7 Å². The van der Waals surface area contributed by atoms with E-state index in [0.29, 0.717) is 0 Å². The normalized spacial score (nSPS) is 16.9. The highest BCUT2D eigenvalue weighted by atomic mass is 28.4. The average molecular weight is 174 g/mol. The smallest absolute Gasteiger partial charge is 0.191 e. The Labute approximate surface area is 72.3 Å². The van der Waals surface area contributed by atoms with Gasteiger partial charge in [0.1, 0.15) is 0 Å². The second-order valence-corrected chi connectivity index (χ2v) is 8.46. The van der Waals surface area contributed by atoms with E-state index in [9.17, 15) is 0 Å². The number of unbranched alkanes of at least 4 members (excludes halogenated alkanes) is 1. The van der Waals surface area contributed by atoms with Crippen LogP contribution >= 0.6 is 0 Å². The summed E-state index contributed by atoms with van der Waals surface area (Å²) in [5, 5.41) is 0. The Morgan fingerprint density at radius 3 is 2.18 bits per heavy atom. The lowest BCUT2D eigenvalue weighted by Crippen LogP contribution is -2.36. The summed E-state index contributed by atoms with van der Waals surface area (Å²) in [5.41, 5.74) is 0.749. The lowest BCUT2D eigenvalue weighted by atomic mass is 10.4. The van der Waals surface area contributed by atoms with Crippen LogP contribution in [0.15, 0.2) is 0 Å². The number of hydrogen-bond acceptors (Lipinski definition) is 1. The summed E-state index contributed by atoms with van der Waals surface area (Å²) in [4.78, 5) is 0. The maximum Gasteiger partial charge on any atom is 0.191 e. The van der Waals surface area contributed by atoms with E-state index in [1.807, 2.05) is 7.11 Å². The molecule has 0 aliphatic rings. The van der Waals surface area contributed by atoms with Gasteiger partial charge in [-0.05, 0) is 18.1 Å². The molecule has 0 saturated heterocycles. The fraction of sp³-hybridized carbons (Fsp3) is 1.00. The van der Waals surface area contributed by atoms with E-state index in [1.54, 1.807) is 0 Å². The Morgan fingerprint density at radius 2 is 1.91 bits per heavy atom. The minimum absolute atomic E-state index is 0.749. The van der Waals surface area contributed by atoms with Crippen molar-refractivity contribution in [3.05, 3.63) is 0 Å². The van der Waals surface area contributed by atoms with E-state index >= 15 is 0 Å². The molecule has 0 spiro atoms. The van der Waals surface area contributed by atoms with Crippen molar-refractivity contribution < 1.29 is 4.43 Å². The van der Waals surface area contributed by atoms with E-state index in [-0.39, 0.29) is 0 Å². The zero-order valence-electron chi connectivity index (χ0n) is 8.61. The van der Waals surface area contributed by atoms with E-state index in [2.05, 4.69) is 27.3 Å². The molecule has 0 fully saturated rings. The molecule has 0 bridgehead atoms. The third kappa shape index (κ3) is 3.39. The highest BCUT2D eigenvalue weighted by Gasteiger charge is 2.30. The van der Waals surface area contributed by atoms with Gasteiger partial charge in [-0.15, -0.1) is 0 Å². The number of hydrogen-bond donors (Lipinski definition) is 0. The first kappa shape index (κ1) is 11.2. The molecule has 0 heterocycles. The summed E-state index contributed by atoms with van der Waals surface area (Å²) in [7, 11) is 0.555. The Hall–Kier alpha value is 0.177. The van der Waals surface area contributed by atoms with Gasteiger partial charge in [-0.25, -0.2) is 0 Å². The Kier molecular flexibility index (Phi) is 5.02. The molecule has 1 atom stereocenters. The third-order valence-electron chi connectivity index (χ3n) is 2.71. The summed E-state index contributed by atoms with van der Waals surface area (Å²) < 4.78 is 5.64. The van der Waals surface area contributed by atoms with Crippen molar-refractivity contribution in [2.75, 3.05) is 7.11 Å². The molecule has 0 aromatic carbocycles. The maximum absolute atomic E-state index is 5.64. The van der Waals surface area contributed by atoms with Crippen LogP contribution in [0.3, 0.4) is 0 Å². The van der Waals surface area contributed by atoms with Crippen molar-refractivity contribution >= 4 is 8.32 Å². The molecule has 11 heavy (non-hydrogen) atoms. The van der Waals surface area contributed by atoms with E-state index in [4.69, 9.17) is 4.43 Å². The Bertz CT molecular complexity index is 104. The molecule has 0 N–H and O–H groups in total. The molecule has 0 radical (unpaired) electrons. The fourth-order valence-corrected chi connectivity index (χ4v) is 3.46. The Balaban J connectivity index is 3.88. The van der Waals surface area contributed by atoms with Crippen molar-refractivity contribution in [3.63, 3.8) is 0 Å². The number of rotatable bonds is 5. The van der Waals surface area contributed by atoms with Crippen molar-refractivity contribution in [1.82, 2.24) is 0 Å². The van der Waals surface area contributed by atoms with Gasteiger partial charge in [0.25, 0.3) is 0 Å². The molecule has 0 aliphatic heterocycles. The topological polar surface area (TPSA) is 9.23 Å². The molecule has 0 rings (SSSR count). The standard InChI is InChI=1S/C9H22OSi/c1-6-7-8-11(5,10-4)9(2)3/h9H,6-8H2,1-5H3. The van der Waals surface area contributed by atoms with E-state index in [0.717, 1.165) is 5.54 Å². The zero-order chi connectivity index (χ0) is 8.91. The van der Waals surface area contributed by atoms with Crippen molar-refractivity contribution in [2.24, 2.45) is 0 Å². The summed E-state index contributed by atoms with van der Waals surface area (Å²) in [6, 6.07) is 1.32. The third-order valence-corrected chi connectivity index (χ3v) is 7.44. The average Bonchev–Trinajstić information content (AvgIpc) is 2.00. The Morgan fingerprint density at radius 1 is 1.36 bits per heavy atom. The van der Waals surface area contributed by atoms with Gasteiger partial charge in [-0.1, -0.05) is 33.6 Å². The molecule has 0 aromatic rings. The molecule has 0 amide bonds. The van der Waals surface area contributed by atoms with Crippen LogP contribution in [0, 0.1) is 0 Å². The van der Waals surface area contributed by atoms with Crippen LogP contribution < -0.4 is 0 Å². The summed E-state index contributed by atoms with van der Waals surface area (Å²) in [6.45, 7) is 9.15. The summed E-state index contributed by atoms with van der Waals surface area (Å²) >= 11 is 0. The van der Waals surface area contributed by atoms with Gasteiger partial charge in [-0.3, -0.25) is 0 Å². The highest BCUT2D eigenvalue weighted by molar-refractivity contribution is 6.73. The van der Waals surface area contributed by atoms with Gasteiger partial charge in [-0.2, -0.15) is 0 Å². The first-order valence-electron chi connectivity index (χ1n) is 4.62. The predicted molar refractivity (Wildman–Crippen MR) is 53.4 cm³/mol. The van der Waals surface area contributed by atoms with Crippen LogP contribution in [0.1, 0.15) is 33.6 Å². The second kappa shape index (κ2) is 4.94. The van der Waals surface area contributed by atoms with Crippen LogP contribution in [-0.2, 0) is 4.43 Å². The van der Waals surface area contributed by atoms with Crippen LogP contribution in [0.4, 0.5) is 0 Å². The minimum Gasteiger partial charge on any atom is -0.420 e. The lowest BCUT2D eigenvalue weighted by molar-refractivity contribution is 0.385. The zero-order valence-corrected chi connectivity index (χ0v) is 9.61. The molecular weight excluding hydrogens is 152 g/mol. The second-order valence-electron chi connectivity index (χ2n) is 3.78. The molecule has 0 saturated carbocycles. The first-order chi connectivity index (χ1) is 5.06. The van der Waals surface area contributed by atoms with Crippen LogP contribution in [-0.4, -0.2) is 15.4 Å². The first-order valence-corrected chi connectivity index (χ1v) is 7.31. The highest BCUT2D eigenvalue weighted by Crippen LogP contribution is 2.27. The summed E-state index contributed by atoms with van der Waals surface area (Å²) in [5.74, 6) is 0. The van der Waals surface area contributed by atoms with Gasteiger partial charge in [0.15, 0.2) is 8.32 Å². The van der Waals surface area contributed by atoms with Crippen LogP contribution in [0.2, 0.25) is 18.1 Å². The minimum atomic E-state index is -1.32. The largest absolute Gasteiger partial charge is 0.420 e. The molecule has 0 aliphatic carbocycles. The fourth-order valence-electron chi connectivity index (χ4n) is 1.15. The molecule has 0 aromatic heterocycles. The van der Waals surface area contributed by atoms with Gasteiger partial charge >= 0.3 is 0 Å². The van der Waals surface area contributed by atoms with Gasteiger partial charge in [0.05, 0.1) is 0 Å². The van der Waals surface area contributed by atoms with Crippen LogP contribution in [0.5, 0.6) is 0 Å². The summed E-state index contributed by atoms with van der Waals surface area (Å²) in [6.07, 6.45) is 2.62. The van der Waals surface area contributed by atoms with Gasteiger partial charge < -0.3 is 4.43 Å². The van der Waals surface area contributed by atoms with Crippen LogP contribution in [0.25, 0.3) is 0 Å². The van der Waals surface area contributed by atoms with E-state index < -0.39 is 8.32 Å². The van der Waals surface area contributed by atoms with Crippen molar-refractivity contribution in [1.29, 1.82) is 0 Å². The molecule has 68 valence electrons. The van der Waals surface area contributed by atoms with Crippen molar-refractivity contribution in [3.8, 4) is 0 Å². The molecular formula is C9H22OSi. The van der Waals surface area contributed by atoms with E-state index in [1.165, 1.54) is 18.9 Å². The van der Waals surface area contributed by atoms with Gasteiger partial charge in [0.2, 0.25) is 0 Å². The molecule has 1 nitrogen and oxygen atoms in total.